The molecule has 1 atom stereocenters. The van der Waals surface area contributed by atoms with E-state index in [1.807, 2.05) is 17.9 Å². The third-order valence-electron chi connectivity index (χ3n) is 4.06. The highest BCUT2D eigenvalue weighted by Crippen LogP contribution is 2.20. The van der Waals surface area contributed by atoms with E-state index in [0.29, 0.717) is 0 Å². The van der Waals surface area contributed by atoms with Crippen LogP contribution in [0.5, 0.6) is 0 Å². The van der Waals surface area contributed by atoms with Crippen LogP contribution in [0.15, 0.2) is 12.4 Å². The van der Waals surface area contributed by atoms with E-state index in [1.54, 1.807) is 0 Å². The van der Waals surface area contributed by atoms with Gasteiger partial charge in [-0.2, -0.15) is 5.10 Å². The molecule has 0 unspecified atom stereocenters. The van der Waals surface area contributed by atoms with Crippen LogP contribution < -0.4 is 0 Å². The summed E-state index contributed by atoms with van der Waals surface area (Å²) in [5.74, 6) is 0. The molecule has 2 heterocycles. The minimum absolute atomic E-state index is 0.0349. The number of nitrogens with zero attached hydrogens (tertiary/aromatic N) is 4. The Labute approximate surface area is 122 Å². The average molecular weight is 280 g/mol. The van der Waals surface area contributed by atoms with E-state index >= 15 is 0 Å². The van der Waals surface area contributed by atoms with Crippen LogP contribution in [0.1, 0.15) is 26.3 Å². The van der Waals surface area contributed by atoms with Crippen LogP contribution in [0.25, 0.3) is 0 Å². The van der Waals surface area contributed by atoms with Gasteiger partial charge in [-0.3, -0.25) is 14.5 Å². The SMILES string of the molecule is Cn1cc(CN2CCN(C[C@@H](O)C(C)(C)C)CC2)cn1. The molecule has 114 valence electrons. The van der Waals surface area contributed by atoms with Gasteiger partial charge < -0.3 is 5.11 Å². The lowest BCUT2D eigenvalue weighted by molar-refractivity contribution is 0.0126. The maximum Gasteiger partial charge on any atom is 0.0715 e. The highest BCUT2D eigenvalue weighted by molar-refractivity contribution is 5.03. The van der Waals surface area contributed by atoms with Crippen LogP contribution in [0.3, 0.4) is 0 Å². The second-order valence-electron chi connectivity index (χ2n) is 6.98. The Morgan fingerprint density at radius 2 is 1.80 bits per heavy atom. The van der Waals surface area contributed by atoms with E-state index in [4.69, 9.17) is 0 Å². The number of piperazine rings is 1. The number of aliphatic hydroxyl groups excluding tert-OH is 1. The van der Waals surface area contributed by atoms with Crippen LogP contribution in [0.4, 0.5) is 0 Å². The normalized spacial score (nSPS) is 20.2. The molecule has 20 heavy (non-hydrogen) atoms. The van der Waals surface area contributed by atoms with Gasteiger partial charge >= 0.3 is 0 Å². The zero-order valence-corrected chi connectivity index (χ0v) is 13.2. The van der Waals surface area contributed by atoms with Crippen molar-refractivity contribution in [1.82, 2.24) is 19.6 Å². The van der Waals surface area contributed by atoms with Gasteiger partial charge in [0, 0.05) is 58.1 Å². The molecule has 1 N–H and O–H groups in total. The molecule has 0 saturated carbocycles. The van der Waals surface area contributed by atoms with Crippen LogP contribution in [0.2, 0.25) is 0 Å². The maximum absolute atomic E-state index is 10.2. The topological polar surface area (TPSA) is 44.5 Å². The van der Waals surface area contributed by atoms with Gasteiger partial charge in [-0.1, -0.05) is 20.8 Å². The van der Waals surface area contributed by atoms with Crippen LogP contribution in [0, 0.1) is 5.41 Å². The predicted octanol–water partition coefficient (Wildman–Crippen LogP) is 0.945. The Balaban J connectivity index is 1.75. The molecule has 0 spiro atoms. The number of β-amino-alcohol motifs (C(OH)–C–C–N with tert-alkyl or cyclic N) is 1. The first kappa shape index (κ1) is 15.5. The molecule has 1 aromatic rings. The number of aliphatic hydroxyl groups is 1. The van der Waals surface area contributed by atoms with E-state index in [-0.39, 0.29) is 11.5 Å². The van der Waals surface area contributed by atoms with Crippen molar-refractivity contribution in [2.45, 2.75) is 33.4 Å². The first-order valence-corrected chi connectivity index (χ1v) is 7.45. The maximum atomic E-state index is 10.2. The zero-order valence-electron chi connectivity index (χ0n) is 13.2. The minimum Gasteiger partial charge on any atom is -0.391 e. The highest BCUT2D eigenvalue weighted by atomic mass is 16.3. The van der Waals surface area contributed by atoms with Crippen molar-refractivity contribution in [3.05, 3.63) is 18.0 Å². The lowest BCUT2D eigenvalue weighted by Crippen LogP contribution is -2.49. The minimum atomic E-state index is -0.257. The number of aromatic nitrogens is 2. The summed E-state index contributed by atoms with van der Waals surface area (Å²) in [6, 6.07) is 0. The van der Waals surface area contributed by atoms with Crippen molar-refractivity contribution in [1.29, 1.82) is 0 Å². The van der Waals surface area contributed by atoms with Gasteiger partial charge in [0.25, 0.3) is 0 Å². The van der Waals surface area contributed by atoms with Gasteiger partial charge in [-0.25, -0.2) is 0 Å². The Bertz CT molecular complexity index is 416. The van der Waals surface area contributed by atoms with E-state index in [1.165, 1.54) is 5.56 Å². The predicted molar refractivity (Wildman–Crippen MR) is 80.4 cm³/mol. The Kier molecular flexibility index (Phi) is 4.83. The smallest absolute Gasteiger partial charge is 0.0715 e. The zero-order chi connectivity index (χ0) is 14.8. The van der Waals surface area contributed by atoms with Gasteiger partial charge in [0.05, 0.1) is 12.3 Å². The molecule has 1 aliphatic rings. The molecular formula is C15H28N4O. The Hall–Kier alpha value is -0.910. The molecule has 1 fully saturated rings. The van der Waals surface area contributed by atoms with E-state index in [9.17, 15) is 5.11 Å². The number of rotatable bonds is 4. The van der Waals surface area contributed by atoms with E-state index in [0.717, 1.165) is 39.3 Å². The quantitative estimate of drug-likeness (QED) is 0.892. The molecule has 0 aliphatic carbocycles. The van der Waals surface area contributed by atoms with Crippen molar-refractivity contribution < 1.29 is 5.11 Å². The molecule has 1 saturated heterocycles. The summed E-state index contributed by atoms with van der Waals surface area (Å²) in [6.07, 6.45) is 3.76. The van der Waals surface area contributed by atoms with E-state index < -0.39 is 0 Å². The lowest BCUT2D eigenvalue weighted by Gasteiger charge is -2.37. The van der Waals surface area contributed by atoms with Crippen molar-refractivity contribution >= 4 is 0 Å². The third kappa shape index (κ3) is 4.30. The van der Waals surface area contributed by atoms with Gasteiger partial charge in [0.1, 0.15) is 0 Å². The first-order valence-electron chi connectivity index (χ1n) is 7.45. The van der Waals surface area contributed by atoms with Gasteiger partial charge in [-0.15, -0.1) is 0 Å². The lowest BCUT2D eigenvalue weighted by atomic mass is 9.89. The monoisotopic (exact) mass is 280 g/mol. The molecular weight excluding hydrogens is 252 g/mol. The molecule has 5 heteroatoms. The molecule has 2 rings (SSSR count). The van der Waals surface area contributed by atoms with Crippen LogP contribution in [-0.2, 0) is 13.6 Å². The highest BCUT2D eigenvalue weighted by Gasteiger charge is 2.26. The summed E-state index contributed by atoms with van der Waals surface area (Å²) >= 11 is 0. The van der Waals surface area contributed by atoms with Crippen molar-refractivity contribution in [3.8, 4) is 0 Å². The van der Waals surface area contributed by atoms with Crippen molar-refractivity contribution in [3.63, 3.8) is 0 Å². The van der Waals surface area contributed by atoms with E-state index in [2.05, 4.69) is 41.9 Å². The van der Waals surface area contributed by atoms with Crippen LogP contribution >= 0.6 is 0 Å². The number of aryl methyl sites for hydroxylation is 1. The molecule has 0 radical (unpaired) electrons. The summed E-state index contributed by atoms with van der Waals surface area (Å²) in [4.78, 5) is 4.83. The fourth-order valence-corrected chi connectivity index (χ4v) is 2.46. The van der Waals surface area contributed by atoms with Gasteiger partial charge in [-0.05, 0) is 5.41 Å². The second-order valence-corrected chi connectivity index (χ2v) is 6.98. The third-order valence-corrected chi connectivity index (χ3v) is 4.06. The van der Waals surface area contributed by atoms with Crippen LogP contribution in [-0.4, -0.2) is 63.5 Å². The average Bonchev–Trinajstić information content (AvgIpc) is 2.76. The summed E-state index contributed by atoms with van der Waals surface area (Å²) in [7, 11) is 1.95. The standard InChI is InChI=1S/C15H28N4O/c1-15(2,3)14(20)12-19-7-5-18(6-8-19)11-13-9-16-17(4)10-13/h9-10,14,20H,5-8,11-12H2,1-4H3/t14-/m1/s1. The van der Waals surface area contributed by atoms with Gasteiger partial charge in [0.15, 0.2) is 0 Å². The molecule has 0 bridgehead atoms. The van der Waals surface area contributed by atoms with Gasteiger partial charge in [0.2, 0.25) is 0 Å². The number of hydrogen-bond donors (Lipinski definition) is 1. The Morgan fingerprint density at radius 3 is 2.30 bits per heavy atom. The number of hydrogen-bond acceptors (Lipinski definition) is 4. The van der Waals surface area contributed by atoms with Crippen molar-refractivity contribution in [2.24, 2.45) is 12.5 Å². The summed E-state index contributed by atoms with van der Waals surface area (Å²) in [5, 5.41) is 14.4. The molecule has 5 nitrogen and oxygen atoms in total. The van der Waals surface area contributed by atoms with Crippen molar-refractivity contribution in [2.75, 3.05) is 32.7 Å². The summed E-state index contributed by atoms with van der Waals surface area (Å²) in [5.41, 5.74) is 1.24. The largest absolute Gasteiger partial charge is 0.391 e. The molecule has 0 aromatic carbocycles. The first-order chi connectivity index (χ1) is 9.34. The molecule has 1 aliphatic heterocycles. The summed E-state index contributed by atoms with van der Waals surface area (Å²) < 4.78 is 1.85. The second kappa shape index (κ2) is 6.24. The molecule has 0 amide bonds. The fraction of sp³-hybridized carbons (Fsp3) is 0.800. The Morgan fingerprint density at radius 1 is 1.20 bits per heavy atom. The summed E-state index contributed by atoms with van der Waals surface area (Å²) in [6.45, 7) is 12.2. The fourth-order valence-electron chi connectivity index (χ4n) is 2.46. The molecule has 1 aromatic heterocycles.